The number of aromatic carboxylic acids is 1. The first-order chi connectivity index (χ1) is 15.8. The average molecular weight is 450 g/mol. The molecule has 1 aromatic heterocycles. The third kappa shape index (κ3) is 5.15. The molecule has 0 aliphatic heterocycles. The van der Waals surface area contributed by atoms with Crippen LogP contribution in [0.2, 0.25) is 0 Å². The van der Waals surface area contributed by atoms with E-state index >= 15 is 0 Å². The molecule has 0 unspecified atom stereocenters. The number of alkyl halides is 3. The minimum atomic E-state index is -4.57. The number of halogens is 3. The molecule has 2 N–H and O–H groups in total. The number of hydrogen-bond acceptors (Lipinski definition) is 5. The third-order valence-electron chi connectivity index (χ3n) is 4.79. The molecule has 0 saturated carbocycles. The van der Waals surface area contributed by atoms with Gasteiger partial charge >= 0.3 is 12.1 Å². The van der Waals surface area contributed by atoms with E-state index in [1.54, 1.807) is 36.4 Å². The second-order valence-electron chi connectivity index (χ2n) is 7.07. The summed E-state index contributed by atoms with van der Waals surface area (Å²) >= 11 is 0. The fourth-order valence-electron chi connectivity index (χ4n) is 3.16. The van der Waals surface area contributed by atoms with E-state index in [1.165, 1.54) is 30.3 Å². The minimum Gasteiger partial charge on any atom is -0.478 e. The SMILES string of the molecule is O=C(O)c1ccc(CNc2nc(-c3ccccc3)nc(-c3ccccc3C(F)(F)F)n2)cc1. The number of rotatable bonds is 6. The van der Waals surface area contributed by atoms with E-state index in [4.69, 9.17) is 5.11 Å². The Bertz CT molecular complexity index is 1280. The molecule has 0 aliphatic rings. The maximum absolute atomic E-state index is 13.6. The summed E-state index contributed by atoms with van der Waals surface area (Å²) in [7, 11) is 0. The zero-order valence-electron chi connectivity index (χ0n) is 17.0. The molecule has 0 amide bonds. The van der Waals surface area contributed by atoms with Crippen LogP contribution in [-0.4, -0.2) is 26.0 Å². The van der Waals surface area contributed by atoms with Gasteiger partial charge in [-0.3, -0.25) is 0 Å². The molecule has 3 aromatic carbocycles. The number of carboxylic acid groups (broad SMARTS) is 1. The molecule has 4 rings (SSSR count). The van der Waals surface area contributed by atoms with Gasteiger partial charge in [-0.05, 0) is 23.8 Å². The van der Waals surface area contributed by atoms with Crippen LogP contribution >= 0.6 is 0 Å². The molecular formula is C24H17F3N4O2. The van der Waals surface area contributed by atoms with E-state index in [9.17, 15) is 18.0 Å². The van der Waals surface area contributed by atoms with Crippen molar-refractivity contribution in [3.8, 4) is 22.8 Å². The van der Waals surface area contributed by atoms with E-state index in [0.717, 1.165) is 11.6 Å². The van der Waals surface area contributed by atoms with Crippen molar-refractivity contribution in [1.82, 2.24) is 15.0 Å². The van der Waals surface area contributed by atoms with Gasteiger partial charge in [-0.25, -0.2) is 9.78 Å². The molecule has 0 bridgehead atoms. The number of nitrogens with one attached hydrogen (secondary N) is 1. The van der Waals surface area contributed by atoms with E-state index in [-0.39, 0.29) is 35.3 Å². The van der Waals surface area contributed by atoms with Crippen LogP contribution in [0.4, 0.5) is 19.1 Å². The average Bonchev–Trinajstić information content (AvgIpc) is 2.83. The van der Waals surface area contributed by atoms with Crippen LogP contribution < -0.4 is 5.32 Å². The van der Waals surface area contributed by atoms with Crippen molar-refractivity contribution in [2.45, 2.75) is 12.7 Å². The lowest BCUT2D eigenvalue weighted by atomic mass is 10.1. The summed E-state index contributed by atoms with van der Waals surface area (Å²) in [6.45, 7) is 0.235. The van der Waals surface area contributed by atoms with Crippen LogP contribution in [0.25, 0.3) is 22.8 Å². The maximum Gasteiger partial charge on any atom is 0.417 e. The highest BCUT2D eigenvalue weighted by Crippen LogP contribution is 2.36. The number of aromatic nitrogens is 3. The number of carbonyl (C=O) groups is 1. The van der Waals surface area contributed by atoms with Crippen molar-refractivity contribution in [1.29, 1.82) is 0 Å². The number of hydrogen-bond donors (Lipinski definition) is 2. The van der Waals surface area contributed by atoms with Gasteiger partial charge in [-0.2, -0.15) is 23.1 Å². The smallest absolute Gasteiger partial charge is 0.417 e. The van der Waals surface area contributed by atoms with Crippen molar-refractivity contribution < 1.29 is 23.1 Å². The molecule has 6 nitrogen and oxygen atoms in total. The molecule has 1 heterocycles. The molecule has 0 atom stereocenters. The first-order valence-corrected chi connectivity index (χ1v) is 9.85. The molecule has 9 heteroatoms. The molecule has 0 radical (unpaired) electrons. The summed E-state index contributed by atoms with van der Waals surface area (Å²) in [5.74, 6) is -0.826. The summed E-state index contributed by atoms with van der Waals surface area (Å²) in [5.41, 5.74) is 0.526. The third-order valence-corrected chi connectivity index (χ3v) is 4.79. The van der Waals surface area contributed by atoms with Gasteiger partial charge in [0.25, 0.3) is 0 Å². The van der Waals surface area contributed by atoms with Gasteiger partial charge in [0.2, 0.25) is 5.95 Å². The largest absolute Gasteiger partial charge is 0.478 e. The zero-order valence-corrected chi connectivity index (χ0v) is 17.0. The first kappa shape index (κ1) is 21.9. The zero-order chi connectivity index (χ0) is 23.4. The monoisotopic (exact) mass is 450 g/mol. The van der Waals surface area contributed by atoms with Crippen molar-refractivity contribution in [3.05, 3.63) is 95.6 Å². The normalized spacial score (nSPS) is 11.2. The minimum absolute atomic E-state index is 0.0955. The van der Waals surface area contributed by atoms with E-state index in [1.807, 2.05) is 6.07 Å². The molecule has 4 aromatic rings. The molecule has 33 heavy (non-hydrogen) atoms. The lowest BCUT2D eigenvalue weighted by molar-refractivity contribution is -0.137. The van der Waals surface area contributed by atoms with Crippen LogP contribution in [0.3, 0.4) is 0 Å². The molecule has 0 fully saturated rings. The van der Waals surface area contributed by atoms with Crippen LogP contribution in [0.1, 0.15) is 21.5 Å². The van der Waals surface area contributed by atoms with Gasteiger partial charge in [0.05, 0.1) is 11.1 Å². The summed E-state index contributed by atoms with van der Waals surface area (Å²) < 4.78 is 40.8. The Kier molecular flexibility index (Phi) is 6.03. The summed E-state index contributed by atoms with van der Waals surface area (Å²) in [6, 6.07) is 20.2. The standard InChI is InChI=1S/C24H17F3N4O2/c25-24(26,27)19-9-5-4-8-18(19)21-29-20(16-6-2-1-3-7-16)30-23(31-21)28-14-15-10-12-17(13-11-15)22(32)33/h1-13H,14H2,(H,32,33)(H,28,29,30,31). The van der Waals surface area contributed by atoms with E-state index in [2.05, 4.69) is 20.3 Å². The van der Waals surface area contributed by atoms with E-state index in [0.29, 0.717) is 5.56 Å². The fourth-order valence-corrected chi connectivity index (χ4v) is 3.16. The van der Waals surface area contributed by atoms with Gasteiger partial charge < -0.3 is 10.4 Å². The number of nitrogens with zero attached hydrogens (tertiary/aromatic N) is 3. The Hall–Kier alpha value is -4.27. The Morgan fingerprint density at radius 1 is 0.818 bits per heavy atom. The molecule has 0 spiro atoms. The second kappa shape index (κ2) is 9.07. The Labute approximate surface area is 186 Å². The highest BCUT2D eigenvalue weighted by atomic mass is 19.4. The molecule has 0 aliphatic carbocycles. The molecule has 166 valence electrons. The Morgan fingerprint density at radius 2 is 1.45 bits per heavy atom. The summed E-state index contributed by atoms with van der Waals surface area (Å²) in [6.07, 6.45) is -4.57. The Morgan fingerprint density at radius 3 is 2.12 bits per heavy atom. The fraction of sp³-hybridized carbons (Fsp3) is 0.0833. The molecular weight excluding hydrogens is 433 g/mol. The van der Waals surface area contributed by atoms with Crippen LogP contribution in [0.5, 0.6) is 0 Å². The highest BCUT2D eigenvalue weighted by molar-refractivity contribution is 5.87. The lowest BCUT2D eigenvalue weighted by Crippen LogP contribution is -2.11. The van der Waals surface area contributed by atoms with Gasteiger partial charge in [-0.1, -0.05) is 60.7 Å². The quantitative estimate of drug-likeness (QED) is 0.401. The van der Waals surface area contributed by atoms with Crippen molar-refractivity contribution in [2.75, 3.05) is 5.32 Å². The number of benzene rings is 3. The van der Waals surface area contributed by atoms with Crippen molar-refractivity contribution in [3.63, 3.8) is 0 Å². The van der Waals surface area contributed by atoms with Crippen molar-refractivity contribution in [2.24, 2.45) is 0 Å². The summed E-state index contributed by atoms with van der Waals surface area (Å²) in [4.78, 5) is 23.9. The van der Waals surface area contributed by atoms with Gasteiger partial charge in [0.1, 0.15) is 0 Å². The second-order valence-corrected chi connectivity index (χ2v) is 7.07. The number of anilines is 1. The van der Waals surface area contributed by atoms with Gasteiger partial charge in [0, 0.05) is 17.7 Å². The molecule has 0 saturated heterocycles. The topological polar surface area (TPSA) is 88.0 Å². The van der Waals surface area contributed by atoms with Crippen LogP contribution in [0.15, 0.2) is 78.9 Å². The lowest BCUT2D eigenvalue weighted by Gasteiger charge is -2.14. The summed E-state index contributed by atoms with van der Waals surface area (Å²) in [5, 5.41) is 12.0. The van der Waals surface area contributed by atoms with Crippen LogP contribution in [-0.2, 0) is 12.7 Å². The van der Waals surface area contributed by atoms with Gasteiger partial charge in [-0.15, -0.1) is 0 Å². The Balaban J connectivity index is 1.73. The maximum atomic E-state index is 13.6. The van der Waals surface area contributed by atoms with Crippen molar-refractivity contribution >= 4 is 11.9 Å². The first-order valence-electron chi connectivity index (χ1n) is 9.85. The number of carboxylic acids is 1. The predicted octanol–water partition coefficient (Wildman–Crippen LogP) is 5.53. The highest BCUT2D eigenvalue weighted by Gasteiger charge is 2.34. The van der Waals surface area contributed by atoms with E-state index < -0.39 is 17.7 Å². The van der Waals surface area contributed by atoms with Crippen LogP contribution in [0, 0.1) is 0 Å². The van der Waals surface area contributed by atoms with Gasteiger partial charge in [0.15, 0.2) is 11.6 Å². The predicted molar refractivity (Wildman–Crippen MR) is 116 cm³/mol.